The lowest BCUT2D eigenvalue weighted by Gasteiger charge is -2.06. The third-order valence-corrected chi connectivity index (χ3v) is 2.45. The summed E-state index contributed by atoms with van der Waals surface area (Å²) >= 11 is 0. The van der Waals surface area contributed by atoms with E-state index in [1.807, 2.05) is 0 Å². The maximum atomic E-state index is 14.1. The summed E-state index contributed by atoms with van der Waals surface area (Å²) < 4.78 is 37.1. The third-order valence-electron chi connectivity index (χ3n) is 2.45. The summed E-state index contributed by atoms with van der Waals surface area (Å²) in [5, 5.41) is 11.9. The Morgan fingerprint density at radius 2 is 2.21 bits per heavy atom. The number of rotatable bonds is 4. The van der Waals surface area contributed by atoms with E-state index < -0.39 is 28.9 Å². The smallest absolute Gasteiger partial charge is 0.358 e. The number of carboxylic acid groups (broad SMARTS) is 1. The van der Waals surface area contributed by atoms with E-state index in [9.17, 15) is 13.6 Å². The Labute approximate surface area is 106 Å². The second-order valence-electron chi connectivity index (χ2n) is 3.71. The Bertz CT molecular complexity index is 624. The molecule has 2 aromatic rings. The van der Waals surface area contributed by atoms with Crippen LogP contribution in [0.2, 0.25) is 0 Å². The molecule has 0 radical (unpaired) electrons. The number of ether oxygens (including phenoxy) is 1. The summed E-state index contributed by atoms with van der Waals surface area (Å²) in [6.45, 7) is -0.0426. The van der Waals surface area contributed by atoms with E-state index in [4.69, 9.17) is 9.84 Å². The molecule has 1 aromatic carbocycles. The largest absolute Gasteiger partial charge is 0.476 e. The summed E-state index contributed by atoms with van der Waals surface area (Å²) in [5.41, 5.74) is -0.757. The first-order chi connectivity index (χ1) is 9.04. The Kier molecular flexibility index (Phi) is 3.57. The van der Waals surface area contributed by atoms with Gasteiger partial charge in [-0.15, -0.1) is 0 Å². The molecule has 19 heavy (non-hydrogen) atoms. The van der Waals surface area contributed by atoms with Crippen molar-refractivity contribution < 1.29 is 27.9 Å². The van der Waals surface area contributed by atoms with Gasteiger partial charge in [0.15, 0.2) is 11.5 Å². The van der Waals surface area contributed by atoms with Crippen molar-refractivity contribution in [3.05, 3.63) is 41.1 Å². The van der Waals surface area contributed by atoms with Gasteiger partial charge in [-0.25, -0.2) is 13.6 Å². The number of hydrogen-bond donors (Lipinski definition) is 1. The van der Waals surface area contributed by atoms with Gasteiger partial charge < -0.3 is 14.4 Å². The summed E-state index contributed by atoms with van der Waals surface area (Å²) in [6, 6.07) is 3.25. The first-order valence-corrected chi connectivity index (χ1v) is 5.20. The summed E-state index contributed by atoms with van der Waals surface area (Å²) in [7, 11) is 1.37. The molecule has 1 N–H and O–H groups in total. The molecule has 0 unspecified atom stereocenters. The van der Waals surface area contributed by atoms with Crippen molar-refractivity contribution in [3.63, 3.8) is 0 Å². The number of methoxy groups -OCH3 is 1. The number of hydrogen-bond acceptors (Lipinski definition) is 4. The summed E-state index contributed by atoms with van der Waals surface area (Å²) in [5.74, 6) is -3.37. The Balaban J connectivity index is 2.53. The maximum absolute atomic E-state index is 14.1. The van der Waals surface area contributed by atoms with Gasteiger partial charge >= 0.3 is 5.97 Å². The number of aromatic carboxylic acids is 1. The minimum absolute atomic E-state index is 0.0426. The van der Waals surface area contributed by atoms with Gasteiger partial charge in [-0.3, -0.25) is 0 Å². The number of aromatic nitrogens is 1. The van der Waals surface area contributed by atoms with Gasteiger partial charge in [0, 0.05) is 18.7 Å². The highest BCUT2D eigenvalue weighted by atomic mass is 19.1. The average molecular weight is 269 g/mol. The molecule has 0 bridgehead atoms. The van der Waals surface area contributed by atoms with Gasteiger partial charge in [-0.2, -0.15) is 0 Å². The second kappa shape index (κ2) is 5.15. The van der Waals surface area contributed by atoms with Crippen molar-refractivity contribution in [2.45, 2.75) is 6.61 Å². The SMILES string of the molecule is COCc1ccc(F)c(-c2cc(C(=O)O)no2)c1F. The zero-order chi connectivity index (χ0) is 14.0. The maximum Gasteiger partial charge on any atom is 0.358 e. The molecule has 1 heterocycles. The minimum atomic E-state index is -1.34. The van der Waals surface area contributed by atoms with Crippen molar-refractivity contribution in [1.82, 2.24) is 5.16 Å². The average Bonchev–Trinajstić information content (AvgIpc) is 2.83. The van der Waals surface area contributed by atoms with Crippen molar-refractivity contribution in [2.24, 2.45) is 0 Å². The first kappa shape index (κ1) is 13.2. The molecule has 0 spiro atoms. The summed E-state index contributed by atoms with van der Waals surface area (Å²) in [6.07, 6.45) is 0. The third kappa shape index (κ3) is 2.45. The Morgan fingerprint density at radius 3 is 2.79 bits per heavy atom. The van der Waals surface area contributed by atoms with Crippen molar-refractivity contribution >= 4 is 5.97 Å². The lowest BCUT2D eigenvalue weighted by molar-refractivity contribution is 0.0686. The quantitative estimate of drug-likeness (QED) is 0.923. The lowest BCUT2D eigenvalue weighted by Crippen LogP contribution is -1.98. The van der Waals surface area contributed by atoms with Crippen molar-refractivity contribution in [3.8, 4) is 11.3 Å². The van der Waals surface area contributed by atoms with Crippen LogP contribution < -0.4 is 0 Å². The van der Waals surface area contributed by atoms with E-state index >= 15 is 0 Å². The number of carboxylic acids is 1. The fraction of sp³-hybridized carbons (Fsp3) is 0.167. The molecular weight excluding hydrogens is 260 g/mol. The topological polar surface area (TPSA) is 72.6 Å². The Hall–Kier alpha value is -2.28. The molecule has 100 valence electrons. The molecule has 0 amide bonds. The van der Waals surface area contributed by atoms with Gasteiger partial charge in [-0.1, -0.05) is 11.2 Å². The standard InChI is InChI=1S/C12H9F2NO4/c1-18-5-6-2-3-7(13)10(11(6)14)9-4-8(12(16)17)15-19-9/h2-4H,5H2,1H3,(H,16,17). The van der Waals surface area contributed by atoms with Crippen LogP contribution in [0.3, 0.4) is 0 Å². The fourth-order valence-electron chi connectivity index (χ4n) is 1.58. The van der Waals surface area contributed by atoms with Crippen LogP contribution in [0.15, 0.2) is 22.7 Å². The predicted octanol–water partition coefficient (Wildman–Crippen LogP) is 2.46. The first-order valence-electron chi connectivity index (χ1n) is 5.20. The van der Waals surface area contributed by atoms with Crippen LogP contribution in [0, 0.1) is 11.6 Å². The van der Waals surface area contributed by atoms with Crippen LogP contribution in [-0.4, -0.2) is 23.3 Å². The fourth-order valence-corrected chi connectivity index (χ4v) is 1.58. The molecular formula is C12H9F2NO4. The van der Waals surface area contributed by atoms with E-state index in [1.165, 1.54) is 13.2 Å². The van der Waals surface area contributed by atoms with E-state index in [2.05, 4.69) is 9.68 Å². The van der Waals surface area contributed by atoms with Crippen LogP contribution in [0.25, 0.3) is 11.3 Å². The van der Waals surface area contributed by atoms with Crippen molar-refractivity contribution in [2.75, 3.05) is 7.11 Å². The highest BCUT2D eigenvalue weighted by Gasteiger charge is 2.21. The molecule has 2 rings (SSSR count). The summed E-state index contributed by atoms with van der Waals surface area (Å²) in [4.78, 5) is 10.7. The van der Waals surface area contributed by atoms with Crippen LogP contribution in [0.1, 0.15) is 16.1 Å². The molecule has 0 aliphatic heterocycles. The van der Waals surface area contributed by atoms with Gasteiger partial charge in [0.1, 0.15) is 11.6 Å². The molecule has 0 saturated carbocycles. The zero-order valence-electron chi connectivity index (χ0n) is 9.81. The van der Waals surface area contributed by atoms with Gasteiger partial charge in [0.2, 0.25) is 0 Å². The van der Waals surface area contributed by atoms with Crippen LogP contribution in [0.5, 0.6) is 0 Å². The van der Waals surface area contributed by atoms with Gasteiger partial charge in [0.25, 0.3) is 0 Å². The number of carbonyl (C=O) groups is 1. The normalized spacial score (nSPS) is 10.7. The molecule has 0 aliphatic carbocycles. The lowest BCUT2D eigenvalue weighted by atomic mass is 10.1. The second-order valence-corrected chi connectivity index (χ2v) is 3.71. The molecule has 0 saturated heterocycles. The molecule has 1 aromatic heterocycles. The molecule has 0 aliphatic rings. The monoisotopic (exact) mass is 269 g/mol. The molecule has 0 fully saturated rings. The molecule has 7 heteroatoms. The Morgan fingerprint density at radius 1 is 1.47 bits per heavy atom. The van der Waals surface area contributed by atoms with Gasteiger partial charge in [-0.05, 0) is 6.07 Å². The predicted molar refractivity (Wildman–Crippen MR) is 59.5 cm³/mol. The van der Waals surface area contributed by atoms with Gasteiger partial charge in [0.05, 0.1) is 12.2 Å². The van der Waals surface area contributed by atoms with E-state index in [0.29, 0.717) is 0 Å². The van der Waals surface area contributed by atoms with E-state index in [0.717, 1.165) is 12.1 Å². The zero-order valence-corrected chi connectivity index (χ0v) is 9.81. The molecule has 5 nitrogen and oxygen atoms in total. The number of benzene rings is 1. The van der Waals surface area contributed by atoms with E-state index in [1.54, 1.807) is 0 Å². The van der Waals surface area contributed by atoms with Crippen LogP contribution >= 0.6 is 0 Å². The minimum Gasteiger partial charge on any atom is -0.476 e. The van der Waals surface area contributed by atoms with E-state index in [-0.39, 0.29) is 17.9 Å². The number of halogens is 2. The van der Waals surface area contributed by atoms with Crippen molar-refractivity contribution in [1.29, 1.82) is 0 Å². The highest BCUT2D eigenvalue weighted by molar-refractivity contribution is 5.86. The molecule has 0 atom stereocenters. The van der Waals surface area contributed by atoms with Crippen LogP contribution in [0.4, 0.5) is 8.78 Å². The highest BCUT2D eigenvalue weighted by Crippen LogP contribution is 2.29. The number of nitrogens with zero attached hydrogens (tertiary/aromatic N) is 1. The van der Waals surface area contributed by atoms with Crippen LogP contribution in [-0.2, 0) is 11.3 Å².